The van der Waals surface area contributed by atoms with Crippen molar-refractivity contribution < 1.29 is 4.92 Å². The van der Waals surface area contributed by atoms with Gasteiger partial charge in [0.05, 0.1) is 16.3 Å². The molecule has 0 N–H and O–H groups in total. The van der Waals surface area contributed by atoms with Crippen LogP contribution in [-0.2, 0) is 0 Å². The van der Waals surface area contributed by atoms with Gasteiger partial charge >= 0.3 is 0 Å². The third-order valence-electron chi connectivity index (χ3n) is 2.53. The molecule has 1 aromatic heterocycles. The fraction of sp³-hybridized carbons (Fsp3) is 0.0714. The maximum absolute atomic E-state index is 10.9. The second kappa shape index (κ2) is 4.79. The Labute approximate surface area is 105 Å². The molecular weight excluding hydrogens is 228 g/mol. The van der Waals surface area contributed by atoms with E-state index in [1.54, 1.807) is 6.92 Å². The van der Waals surface area contributed by atoms with Gasteiger partial charge in [-0.05, 0) is 12.5 Å². The molecule has 0 amide bonds. The molecule has 1 aromatic carbocycles. The Kier molecular flexibility index (Phi) is 3.19. The number of allylic oxidation sites excluding steroid dienone is 1. The number of aromatic nitrogens is 1. The third-order valence-corrected chi connectivity index (χ3v) is 2.53. The summed E-state index contributed by atoms with van der Waals surface area (Å²) in [7, 11) is 0. The van der Waals surface area contributed by atoms with Gasteiger partial charge < -0.3 is 0 Å². The Morgan fingerprint density at radius 1 is 1.28 bits per heavy atom. The van der Waals surface area contributed by atoms with Gasteiger partial charge in [-0.2, -0.15) is 0 Å². The zero-order valence-corrected chi connectivity index (χ0v) is 9.96. The molecule has 0 aliphatic carbocycles. The first-order chi connectivity index (χ1) is 8.58. The van der Waals surface area contributed by atoms with Gasteiger partial charge in [-0.3, -0.25) is 10.1 Å². The van der Waals surface area contributed by atoms with Crippen molar-refractivity contribution in [1.82, 2.24) is 4.98 Å². The van der Waals surface area contributed by atoms with E-state index in [9.17, 15) is 10.1 Å². The fourth-order valence-corrected chi connectivity index (χ4v) is 1.60. The Bertz CT molecular complexity index is 574. The molecule has 0 saturated heterocycles. The molecule has 0 spiro atoms. The lowest BCUT2D eigenvalue weighted by Crippen LogP contribution is -1.95. The predicted molar refractivity (Wildman–Crippen MR) is 71.0 cm³/mol. The van der Waals surface area contributed by atoms with Crippen molar-refractivity contribution in [3.05, 3.63) is 64.9 Å². The predicted octanol–water partition coefficient (Wildman–Crippen LogP) is 3.69. The summed E-state index contributed by atoms with van der Waals surface area (Å²) in [4.78, 5) is 14.9. The zero-order valence-electron chi connectivity index (χ0n) is 9.96. The Hall–Kier alpha value is -2.49. The monoisotopic (exact) mass is 240 g/mol. The number of hydrogen-bond donors (Lipinski definition) is 0. The van der Waals surface area contributed by atoms with E-state index in [2.05, 4.69) is 11.6 Å². The van der Waals surface area contributed by atoms with E-state index in [1.165, 1.54) is 12.1 Å². The minimum absolute atomic E-state index is 0.0295. The average Bonchev–Trinajstić information content (AvgIpc) is 2.39. The Balaban J connectivity index is 2.61. The van der Waals surface area contributed by atoms with Gasteiger partial charge in [-0.1, -0.05) is 36.9 Å². The van der Waals surface area contributed by atoms with E-state index in [0.29, 0.717) is 17.0 Å². The van der Waals surface area contributed by atoms with Crippen LogP contribution < -0.4 is 0 Å². The largest absolute Gasteiger partial charge is 0.273 e. The standard InChI is InChI=1S/C14H12N2O2/c1-10(2)13-8-12(16(17)18)9-14(15-13)11-6-4-3-5-7-11/h3-9H,1H2,2H3. The van der Waals surface area contributed by atoms with E-state index in [1.807, 2.05) is 30.3 Å². The topological polar surface area (TPSA) is 56.0 Å². The molecule has 4 heteroatoms. The Morgan fingerprint density at radius 2 is 1.94 bits per heavy atom. The van der Waals surface area contributed by atoms with Gasteiger partial charge in [-0.15, -0.1) is 0 Å². The van der Waals surface area contributed by atoms with Crippen molar-refractivity contribution in [2.45, 2.75) is 6.92 Å². The van der Waals surface area contributed by atoms with E-state index in [0.717, 1.165) is 5.56 Å². The molecule has 1 heterocycles. The van der Waals surface area contributed by atoms with Gasteiger partial charge in [0.15, 0.2) is 0 Å². The van der Waals surface area contributed by atoms with Crippen LogP contribution in [0.1, 0.15) is 12.6 Å². The highest BCUT2D eigenvalue weighted by atomic mass is 16.6. The second-order valence-corrected chi connectivity index (χ2v) is 4.00. The molecule has 0 aliphatic rings. The van der Waals surface area contributed by atoms with Gasteiger partial charge in [-0.25, -0.2) is 4.98 Å². The highest BCUT2D eigenvalue weighted by Crippen LogP contribution is 2.25. The minimum atomic E-state index is -0.416. The molecule has 90 valence electrons. The lowest BCUT2D eigenvalue weighted by atomic mass is 10.1. The highest BCUT2D eigenvalue weighted by molar-refractivity contribution is 5.68. The molecular formula is C14H12N2O2. The molecule has 4 nitrogen and oxygen atoms in total. The molecule has 0 bridgehead atoms. The van der Waals surface area contributed by atoms with Crippen LogP contribution in [-0.4, -0.2) is 9.91 Å². The van der Waals surface area contributed by atoms with E-state index < -0.39 is 4.92 Å². The van der Waals surface area contributed by atoms with Gasteiger partial charge in [0, 0.05) is 17.7 Å². The van der Waals surface area contributed by atoms with Crippen LogP contribution >= 0.6 is 0 Å². The van der Waals surface area contributed by atoms with E-state index in [-0.39, 0.29) is 5.69 Å². The van der Waals surface area contributed by atoms with Crippen LogP contribution in [0.3, 0.4) is 0 Å². The lowest BCUT2D eigenvalue weighted by molar-refractivity contribution is -0.384. The maximum Gasteiger partial charge on any atom is 0.273 e. The normalized spacial score (nSPS) is 10.1. The van der Waals surface area contributed by atoms with Crippen LogP contribution in [0.2, 0.25) is 0 Å². The molecule has 0 radical (unpaired) electrons. The van der Waals surface area contributed by atoms with Gasteiger partial charge in [0.2, 0.25) is 0 Å². The van der Waals surface area contributed by atoms with Crippen LogP contribution in [0, 0.1) is 10.1 Å². The first-order valence-electron chi connectivity index (χ1n) is 5.45. The highest BCUT2D eigenvalue weighted by Gasteiger charge is 2.12. The van der Waals surface area contributed by atoms with Crippen molar-refractivity contribution >= 4 is 11.3 Å². The van der Waals surface area contributed by atoms with Crippen molar-refractivity contribution in [3.63, 3.8) is 0 Å². The van der Waals surface area contributed by atoms with Crippen molar-refractivity contribution in [3.8, 4) is 11.3 Å². The quantitative estimate of drug-likeness (QED) is 0.607. The summed E-state index contributed by atoms with van der Waals surface area (Å²) in [5.74, 6) is 0. The Morgan fingerprint density at radius 3 is 2.50 bits per heavy atom. The summed E-state index contributed by atoms with van der Waals surface area (Å²) in [5.41, 5.74) is 2.72. The van der Waals surface area contributed by atoms with Crippen molar-refractivity contribution in [2.75, 3.05) is 0 Å². The van der Waals surface area contributed by atoms with Crippen LogP contribution in [0.4, 0.5) is 5.69 Å². The van der Waals surface area contributed by atoms with E-state index in [4.69, 9.17) is 0 Å². The number of hydrogen-bond acceptors (Lipinski definition) is 3. The van der Waals surface area contributed by atoms with Crippen LogP contribution in [0.5, 0.6) is 0 Å². The first-order valence-corrected chi connectivity index (χ1v) is 5.45. The lowest BCUT2D eigenvalue weighted by Gasteiger charge is -2.05. The van der Waals surface area contributed by atoms with Gasteiger partial charge in [0.25, 0.3) is 5.69 Å². The van der Waals surface area contributed by atoms with Crippen molar-refractivity contribution in [2.24, 2.45) is 0 Å². The molecule has 0 fully saturated rings. The summed E-state index contributed by atoms with van der Waals surface area (Å²) in [6.45, 7) is 5.55. The van der Waals surface area contributed by atoms with Crippen LogP contribution in [0.25, 0.3) is 16.8 Å². The molecule has 0 unspecified atom stereocenters. The van der Waals surface area contributed by atoms with Crippen LogP contribution in [0.15, 0.2) is 49.0 Å². The smallest absolute Gasteiger partial charge is 0.258 e. The minimum Gasteiger partial charge on any atom is -0.258 e. The zero-order chi connectivity index (χ0) is 13.1. The summed E-state index contributed by atoms with van der Waals surface area (Å²) in [6, 6.07) is 12.3. The molecule has 2 rings (SSSR count). The molecule has 18 heavy (non-hydrogen) atoms. The summed E-state index contributed by atoms with van der Waals surface area (Å²) < 4.78 is 0. The molecule has 2 aromatic rings. The maximum atomic E-state index is 10.9. The molecule has 0 aliphatic heterocycles. The number of nitrogens with zero attached hydrogens (tertiary/aromatic N) is 2. The molecule has 0 saturated carbocycles. The number of pyridine rings is 1. The summed E-state index contributed by atoms with van der Waals surface area (Å²) >= 11 is 0. The fourth-order valence-electron chi connectivity index (χ4n) is 1.60. The molecule has 0 atom stereocenters. The summed E-state index contributed by atoms with van der Waals surface area (Å²) in [6.07, 6.45) is 0. The van der Waals surface area contributed by atoms with Crippen molar-refractivity contribution in [1.29, 1.82) is 0 Å². The number of rotatable bonds is 3. The number of nitro groups is 1. The average molecular weight is 240 g/mol. The van der Waals surface area contributed by atoms with E-state index >= 15 is 0 Å². The first kappa shape index (κ1) is 12.0. The third kappa shape index (κ3) is 2.43. The SMILES string of the molecule is C=C(C)c1cc([N+](=O)[O-])cc(-c2ccccc2)n1. The number of benzene rings is 1. The summed E-state index contributed by atoms with van der Waals surface area (Å²) in [5, 5.41) is 10.9. The van der Waals surface area contributed by atoms with Gasteiger partial charge in [0.1, 0.15) is 0 Å². The second-order valence-electron chi connectivity index (χ2n) is 4.00.